The number of carbonyl (C=O) groups excluding carboxylic acids is 3. The van der Waals surface area contributed by atoms with Crippen LogP contribution in [0.25, 0.3) is 0 Å². The van der Waals surface area contributed by atoms with E-state index in [1.54, 1.807) is 6.08 Å². The maximum absolute atomic E-state index is 14.6. The molecule has 0 saturated carbocycles. The van der Waals surface area contributed by atoms with E-state index in [1.165, 1.54) is 11.8 Å². The number of carbonyl (C=O) groups is 4. The average molecular weight is 996 g/mol. The van der Waals surface area contributed by atoms with Crippen LogP contribution >= 0.6 is 23.5 Å². The highest BCUT2D eigenvalue weighted by molar-refractivity contribution is 8.00. The second-order valence-corrected chi connectivity index (χ2v) is 19.9. The van der Waals surface area contributed by atoms with Crippen LogP contribution in [-0.2, 0) is 35.1 Å². The summed E-state index contributed by atoms with van der Waals surface area (Å²) in [5.41, 5.74) is 7.17. The van der Waals surface area contributed by atoms with Crippen molar-refractivity contribution >= 4 is 47.2 Å². The van der Waals surface area contributed by atoms with E-state index in [0.29, 0.717) is 12.2 Å². The Hall–Kier alpha value is -7.18. The lowest BCUT2D eigenvalue weighted by Crippen LogP contribution is -2.55. The molecule has 0 heterocycles. The van der Waals surface area contributed by atoms with Gasteiger partial charge in [0, 0.05) is 25.1 Å². The molecule has 5 N–H and O–H groups in total. The molecule has 7 aromatic carbocycles. The number of allylic oxidation sites excluding steroid dienone is 1. The first-order valence-electron chi connectivity index (χ1n) is 24.3. The number of amides is 3. The Morgan fingerprint density at radius 3 is 1.33 bits per heavy atom. The fourth-order valence-electron chi connectivity index (χ4n) is 8.88. The van der Waals surface area contributed by atoms with Crippen LogP contribution in [-0.4, -0.2) is 70.1 Å². The third-order valence-corrected chi connectivity index (χ3v) is 15.6. The maximum atomic E-state index is 14.6. The second kappa shape index (κ2) is 26.9. The van der Waals surface area contributed by atoms with Crippen LogP contribution in [0.4, 0.5) is 0 Å². The number of aliphatic carboxylic acids is 1. The zero-order valence-electron chi connectivity index (χ0n) is 40.1. The molecule has 0 aliphatic rings. The van der Waals surface area contributed by atoms with E-state index in [4.69, 9.17) is 0 Å². The third kappa shape index (κ3) is 14.0. The number of thioether (sulfide) groups is 2. The molecular weight excluding hydrogens is 935 g/mol. The Bertz CT molecular complexity index is 2600. The molecule has 0 aliphatic carbocycles. The summed E-state index contributed by atoms with van der Waals surface area (Å²) in [5, 5.41) is 29.2. The van der Waals surface area contributed by atoms with Crippen molar-refractivity contribution in [1.29, 1.82) is 0 Å². The first-order valence-corrected chi connectivity index (χ1v) is 26.2. The molecule has 0 aliphatic heterocycles. The quantitative estimate of drug-likeness (QED) is 0.0205. The van der Waals surface area contributed by atoms with Crippen molar-refractivity contribution in [2.45, 2.75) is 59.8 Å². The van der Waals surface area contributed by atoms with Crippen LogP contribution in [0.2, 0.25) is 0 Å². The molecule has 0 aromatic heterocycles. The molecule has 7 rings (SSSR count). The summed E-state index contributed by atoms with van der Waals surface area (Å²) in [6.07, 6.45) is 2.92. The smallest absolute Gasteiger partial charge is 0.303 e. The predicted octanol–water partition coefficient (Wildman–Crippen LogP) is 10.3. The lowest BCUT2D eigenvalue weighted by Gasteiger charge is -2.36. The predicted molar refractivity (Wildman–Crippen MR) is 292 cm³/mol. The van der Waals surface area contributed by atoms with Gasteiger partial charge >= 0.3 is 5.97 Å². The summed E-state index contributed by atoms with van der Waals surface area (Å²) in [6, 6.07) is 68.4. The fourth-order valence-corrected chi connectivity index (χ4v) is 11.9. The number of hydrogen-bond donors (Lipinski definition) is 5. The molecule has 0 spiro atoms. The molecule has 0 unspecified atom stereocenters. The van der Waals surface area contributed by atoms with Crippen LogP contribution in [0, 0.1) is 0 Å². The molecular formula is C61H61N3O6S2. The topological polar surface area (TPSA) is 145 Å². The van der Waals surface area contributed by atoms with E-state index in [1.807, 2.05) is 121 Å². The lowest BCUT2D eigenvalue weighted by atomic mass is 9.84. The Morgan fingerprint density at radius 1 is 0.514 bits per heavy atom. The first kappa shape index (κ1) is 52.6. The molecule has 72 heavy (non-hydrogen) atoms. The monoisotopic (exact) mass is 995 g/mol. The zero-order chi connectivity index (χ0) is 50.4. The van der Waals surface area contributed by atoms with E-state index in [9.17, 15) is 29.4 Å². The van der Waals surface area contributed by atoms with Crippen LogP contribution in [0.3, 0.4) is 0 Å². The largest absolute Gasteiger partial charge is 0.481 e. The standard InChI is InChI=1S/C61H61N3O6S2/c65-53(39-22-23-42-71-60(47-27-10-2-11-28-47,48-29-12-3-13-30-48)49-31-14-4-15-32-49)44-56(66)63-54(43-46-25-8-1-9-26-46)59(70)64-55(58(69)62-41-24-40-57(67)68)45-72-61(50-33-16-5-17-34-50,51-35-18-6-19-36-51)52-37-20-7-21-38-52/h1-22,25-39,53-55,65H,23-24,40-45H2,(H,62,69)(H,63,66)(H,64,70)(H,67,68)/b39-22+/t53-,54-,55-/m1/s1. The van der Waals surface area contributed by atoms with E-state index in [-0.39, 0.29) is 38.0 Å². The van der Waals surface area contributed by atoms with Crippen molar-refractivity contribution in [3.8, 4) is 0 Å². The van der Waals surface area contributed by atoms with Crippen molar-refractivity contribution in [1.82, 2.24) is 16.0 Å². The number of hydrogen-bond acceptors (Lipinski definition) is 7. The van der Waals surface area contributed by atoms with Crippen molar-refractivity contribution in [3.05, 3.63) is 263 Å². The summed E-state index contributed by atoms with van der Waals surface area (Å²) >= 11 is 3.31. The summed E-state index contributed by atoms with van der Waals surface area (Å²) < 4.78 is -1.30. The number of aliphatic hydroxyl groups is 1. The number of carboxylic acids is 1. The van der Waals surface area contributed by atoms with Crippen LogP contribution < -0.4 is 16.0 Å². The minimum atomic E-state index is -1.12. The molecule has 9 nitrogen and oxygen atoms in total. The van der Waals surface area contributed by atoms with Crippen LogP contribution in [0.15, 0.2) is 224 Å². The number of benzene rings is 7. The van der Waals surface area contributed by atoms with Gasteiger partial charge in [-0.3, -0.25) is 19.2 Å². The van der Waals surface area contributed by atoms with E-state index < -0.39 is 51.4 Å². The van der Waals surface area contributed by atoms with Crippen LogP contribution in [0.5, 0.6) is 0 Å². The molecule has 368 valence electrons. The molecule has 7 aromatic rings. The molecule has 3 atom stereocenters. The molecule has 0 fully saturated rings. The highest BCUT2D eigenvalue weighted by Gasteiger charge is 2.40. The van der Waals surface area contributed by atoms with Gasteiger partial charge in [-0.15, -0.1) is 23.5 Å². The van der Waals surface area contributed by atoms with Crippen molar-refractivity contribution in [2.75, 3.05) is 18.1 Å². The second-order valence-electron chi connectivity index (χ2n) is 17.4. The molecule has 3 amide bonds. The molecule has 0 radical (unpaired) electrons. The zero-order valence-corrected chi connectivity index (χ0v) is 41.7. The summed E-state index contributed by atoms with van der Waals surface area (Å²) in [5.74, 6) is -1.76. The Labute approximate surface area is 431 Å². The van der Waals surface area contributed by atoms with E-state index >= 15 is 0 Å². The van der Waals surface area contributed by atoms with Gasteiger partial charge in [-0.2, -0.15) is 0 Å². The number of carboxylic acid groups (broad SMARTS) is 1. The van der Waals surface area contributed by atoms with E-state index in [0.717, 1.165) is 38.9 Å². The highest BCUT2D eigenvalue weighted by atomic mass is 32.2. The van der Waals surface area contributed by atoms with Crippen molar-refractivity contribution < 1.29 is 29.4 Å². The normalized spacial score (nSPS) is 12.8. The number of nitrogens with one attached hydrogen (secondary N) is 3. The summed E-state index contributed by atoms with van der Waals surface area (Å²) in [6.45, 7) is 0.0889. The van der Waals surface area contributed by atoms with Gasteiger partial charge < -0.3 is 26.2 Å². The average Bonchev–Trinajstić information content (AvgIpc) is 3.42. The molecule has 11 heteroatoms. The lowest BCUT2D eigenvalue weighted by molar-refractivity contribution is -0.137. The minimum absolute atomic E-state index is 0.0889. The van der Waals surface area contributed by atoms with Gasteiger partial charge in [-0.25, -0.2) is 0 Å². The Balaban J connectivity index is 1.08. The number of rotatable bonds is 26. The van der Waals surface area contributed by atoms with Crippen molar-refractivity contribution in [3.63, 3.8) is 0 Å². The van der Waals surface area contributed by atoms with Crippen molar-refractivity contribution in [2.24, 2.45) is 0 Å². The molecule has 0 bridgehead atoms. The minimum Gasteiger partial charge on any atom is -0.481 e. The van der Waals surface area contributed by atoms with Gasteiger partial charge in [0.2, 0.25) is 17.7 Å². The fraction of sp³-hybridized carbons (Fsp3) is 0.213. The maximum Gasteiger partial charge on any atom is 0.303 e. The molecule has 0 saturated heterocycles. The number of aliphatic hydroxyl groups excluding tert-OH is 1. The van der Waals surface area contributed by atoms with Gasteiger partial charge in [0.1, 0.15) is 12.1 Å². The highest BCUT2D eigenvalue weighted by Crippen LogP contribution is 2.50. The first-order chi connectivity index (χ1) is 35.2. The van der Waals surface area contributed by atoms with Crippen LogP contribution in [0.1, 0.15) is 64.6 Å². The van der Waals surface area contributed by atoms with Gasteiger partial charge in [-0.1, -0.05) is 224 Å². The van der Waals surface area contributed by atoms with Gasteiger partial charge in [0.25, 0.3) is 0 Å². The van der Waals surface area contributed by atoms with E-state index in [2.05, 4.69) is 125 Å². The Morgan fingerprint density at radius 2 is 0.917 bits per heavy atom. The van der Waals surface area contributed by atoms with Gasteiger partial charge in [0.05, 0.1) is 22.0 Å². The Kier molecular flexibility index (Phi) is 19.6. The summed E-state index contributed by atoms with van der Waals surface area (Å²) in [7, 11) is 0. The van der Waals surface area contributed by atoms with Gasteiger partial charge in [0.15, 0.2) is 0 Å². The SMILES string of the molecule is O=C(O)CCCNC(=O)[C@@H](CSC(c1ccccc1)(c1ccccc1)c1ccccc1)NC(=O)[C@@H](Cc1ccccc1)NC(=O)C[C@H](O)/C=C/CCSC(c1ccccc1)(c1ccccc1)c1ccccc1. The summed E-state index contributed by atoms with van der Waals surface area (Å²) in [4.78, 5) is 53.9. The van der Waals surface area contributed by atoms with Gasteiger partial charge in [-0.05, 0) is 57.5 Å². The third-order valence-electron chi connectivity index (χ3n) is 12.3.